The summed E-state index contributed by atoms with van der Waals surface area (Å²) in [4.78, 5) is 12.5. The van der Waals surface area contributed by atoms with Crippen molar-refractivity contribution in [3.05, 3.63) is 0 Å². The van der Waals surface area contributed by atoms with Crippen molar-refractivity contribution in [2.45, 2.75) is 11.9 Å². The number of nitrogens with one attached hydrogen (secondary N) is 1. The molecule has 0 unspecified atom stereocenters. The molecule has 0 spiro atoms. The Hall–Kier alpha value is -0.590. The maximum Gasteiger partial charge on any atom is 0.441 e. The van der Waals surface area contributed by atoms with Crippen LogP contribution in [0.1, 0.15) is 6.42 Å². The van der Waals surface area contributed by atoms with Crippen LogP contribution in [0.15, 0.2) is 0 Å². The Labute approximate surface area is 84.0 Å². The Morgan fingerprint density at radius 3 is 2.79 bits per heavy atom. The van der Waals surface area contributed by atoms with Crippen LogP contribution in [0.3, 0.4) is 0 Å². The van der Waals surface area contributed by atoms with Crippen molar-refractivity contribution >= 4 is 17.8 Å². The summed E-state index contributed by atoms with van der Waals surface area (Å²) in [5.74, 6) is -0.100. The van der Waals surface area contributed by atoms with E-state index in [1.165, 1.54) is 4.90 Å². The minimum absolute atomic E-state index is 0.0924. The second-order valence-electron chi connectivity index (χ2n) is 2.87. The van der Waals surface area contributed by atoms with Gasteiger partial charge in [-0.05, 0) is 18.2 Å². The van der Waals surface area contributed by atoms with Crippen LogP contribution >= 0.6 is 11.8 Å². The summed E-state index contributed by atoms with van der Waals surface area (Å²) in [6, 6.07) is -0.265. The molecule has 0 radical (unpaired) electrons. The number of alkyl halides is 3. The van der Waals surface area contributed by atoms with E-state index in [-0.39, 0.29) is 30.1 Å². The lowest BCUT2D eigenvalue weighted by atomic mass is 10.3. The van der Waals surface area contributed by atoms with E-state index in [9.17, 15) is 18.0 Å². The van der Waals surface area contributed by atoms with Gasteiger partial charge in [0.1, 0.15) is 0 Å². The van der Waals surface area contributed by atoms with Crippen molar-refractivity contribution in [1.29, 1.82) is 0 Å². The minimum atomic E-state index is -4.20. The van der Waals surface area contributed by atoms with Crippen LogP contribution < -0.4 is 5.32 Å². The molecule has 0 aromatic rings. The first kappa shape index (κ1) is 11.5. The molecular formula is C7H11F3N2OS. The zero-order chi connectivity index (χ0) is 10.6. The molecule has 7 heteroatoms. The zero-order valence-electron chi connectivity index (χ0n) is 7.43. The van der Waals surface area contributed by atoms with E-state index in [0.29, 0.717) is 13.1 Å². The third-order valence-corrected chi connectivity index (χ3v) is 2.51. The van der Waals surface area contributed by atoms with E-state index in [1.54, 1.807) is 0 Å². The highest BCUT2D eigenvalue weighted by atomic mass is 32.2. The van der Waals surface area contributed by atoms with Gasteiger partial charge in [-0.15, -0.1) is 0 Å². The first-order valence-corrected chi connectivity index (χ1v) is 5.21. The Morgan fingerprint density at radius 2 is 2.21 bits per heavy atom. The van der Waals surface area contributed by atoms with Crippen LogP contribution in [-0.4, -0.2) is 41.8 Å². The van der Waals surface area contributed by atoms with Crippen molar-refractivity contribution in [2.24, 2.45) is 0 Å². The zero-order valence-corrected chi connectivity index (χ0v) is 8.25. The molecule has 0 atom stereocenters. The molecule has 0 saturated carbocycles. The van der Waals surface area contributed by atoms with Crippen molar-refractivity contribution < 1.29 is 18.0 Å². The van der Waals surface area contributed by atoms with Crippen LogP contribution in [0.25, 0.3) is 0 Å². The molecule has 1 rings (SSSR count). The molecular weight excluding hydrogens is 217 g/mol. The highest BCUT2D eigenvalue weighted by Crippen LogP contribution is 2.29. The summed E-state index contributed by atoms with van der Waals surface area (Å²) in [6.07, 6.45) is 0.794. The Morgan fingerprint density at radius 1 is 1.50 bits per heavy atom. The number of rotatable bonds is 3. The standard InChI is InChI=1S/C7H11F3N2OS/c8-7(9,10)14-5-4-12-3-1-2-11-6(12)13/h1-5H2,(H,11,13). The topological polar surface area (TPSA) is 32.3 Å². The van der Waals surface area contributed by atoms with Crippen molar-refractivity contribution in [3.8, 4) is 0 Å². The molecule has 1 aliphatic heterocycles. The summed E-state index contributed by atoms with van der Waals surface area (Å²) in [7, 11) is 0. The Balaban J connectivity index is 2.20. The molecule has 0 bridgehead atoms. The monoisotopic (exact) mass is 228 g/mol. The predicted molar refractivity (Wildman–Crippen MR) is 48.1 cm³/mol. The molecule has 0 aliphatic carbocycles. The predicted octanol–water partition coefficient (Wildman–Crippen LogP) is 1.65. The first-order chi connectivity index (χ1) is 6.49. The second kappa shape index (κ2) is 4.77. The molecule has 82 valence electrons. The minimum Gasteiger partial charge on any atom is -0.338 e. The average molecular weight is 228 g/mol. The van der Waals surface area contributed by atoms with Crippen LogP contribution in [0.4, 0.5) is 18.0 Å². The molecule has 2 amide bonds. The number of thioether (sulfide) groups is 1. The number of carbonyl (C=O) groups excluding carboxylic acids is 1. The molecule has 1 aliphatic rings. The smallest absolute Gasteiger partial charge is 0.338 e. The second-order valence-corrected chi connectivity index (χ2v) is 4.03. The number of hydrogen-bond donors (Lipinski definition) is 1. The molecule has 1 N–H and O–H groups in total. The van der Waals surface area contributed by atoms with Crippen LogP contribution in [-0.2, 0) is 0 Å². The summed E-state index contributed by atoms with van der Waals surface area (Å²) in [5, 5.41) is 2.58. The Kier molecular flexibility index (Phi) is 3.91. The van der Waals surface area contributed by atoms with Crippen molar-refractivity contribution in [3.63, 3.8) is 0 Å². The van der Waals surface area contributed by atoms with Gasteiger partial charge >= 0.3 is 11.5 Å². The third kappa shape index (κ3) is 4.08. The van der Waals surface area contributed by atoms with Crippen LogP contribution in [0, 0.1) is 0 Å². The van der Waals surface area contributed by atoms with E-state index < -0.39 is 5.51 Å². The fourth-order valence-electron chi connectivity index (χ4n) is 1.16. The van der Waals surface area contributed by atoms with Crippen molar-refractivity contribution in [2.75, 3.05) is 25.4 Å². The summed E-state index contributed by atoms with van der Waals surface area (Å²) < 4.78 is 35.3. The molecule has 14 heavy (non-hydrogen) atoms. The number of halogens is 3. The largest absolute Gasteiger partial charge is 0.441 e. The van der Waals surface area contributed by atoms with Gasteiger partial charge in [0.05, 0.1) is 0 Å². The molecule has 0 aromatic carbocycles. The molecule has 3 nitrogen and oxygen atoms in total. The Bertz CT molecular complexity index is 210. The van der Waals surface area contributed by atoms with Crippen molar-refractivity contribution in [1.82, 2.24) is 10.2 Å². The van der Waals surface area contributed by atoms with Gasteiger partial charge in [-0.1, -0.05) is 0 Å². The fourth-order valence-corrected chi connectivity index (χ4v) is 1.71. The lowest BCUT2D eigenvalue weighted by Gasteiger charge is -2.27. The van der Waals surface area contributed by atoms with E-state index in [1.807, 2.05) is 0 Å². The van der Waals surface area contributed by atoms with Gasteiger partial charge in [-0.25, -0.2) is 4.79 Å². The highest BCUT2D eigenvalue weighted by Gasteiger charge is 2.28. The summed E-state index contributed by atoms with van der Waals surface area (Å²) >= 11 is -0.0924. The van der Waals surface area contributed by atoms with Gasteiger partial charge in [-0.3, -0.25) is 0 Å². The van der Waals surface area contributed by atoms with E-state index in [0.717, 1.165) is 6.42 Å². The van der Waals surface area contributed by atoms with Gasteiger partial charge in [0.25, 0.3) is 0 Å². The van der Waals surface area contributed by atoms with Gasteiger partial charge in [0.2, 0.25) is 0 Å². The lowest BCUT2D eigenvalue weighted by Crippen LogP contribution is -2.47. The number of nitrogens with zero attached hydrogens (tertiary/aromatic N) is 1. The normalized spacial score (nSPS) is 18.2. The number of carbonyl (C=O) groups is 1. The summed E-state index contributed by atoms with van der Waals surface area (Å²) in [5.41, 5.74) is -4.20. The van der Waals surface area contributed by atoms with Gasteiger partial charge in [-0.2, -0.15) is 13.2 Å². The highest BCUT2D eigenvalue weighted by molar-refractivity contribution is 8.00. The molecule has 1 heterocycles. The number of amides is 2. The van der Waals surface area contributed by atoms with Gasteiger partial charge in [0, 0.05) is 25.4 Å². The first-order valence-electron chi connectivity index (χ1n) is 4.22. The van der Waals surface area contributed by atoms with Gasteiger partial charge in [0.15, 0.2) is 0 Å². The van der Waals surface area contributed by atoms with E-state index >= 15 is 0 Å². The third-order valence-electron chi connectivity index (χ3n) is 1.80. The number of urea groups is 1. The maximum atomic E-state index is 11.8. The van der Waals surface area contributed by atoms with Gasteiger partial charge < -0.3 is 10.2 Å². The average Bonchev–Trinajstić information content (AvgIpc) is 2.06. The summed E-state index contributed by atoms with van der Waals surface area (Å²) in [6.45, 7) is 1.31. The molecule has 1 saturated heterocycles. The fraction of sp³-hybridized carbons (Fsp3) is 0.857. The lowest BCUT2D eigenvalue weighted by molar-refractivity contribution is -0.0328. The molecule has 0 aromatic heterocycles. The SMILES string of the molecule is O=C1NCCCN1CCSC(F)(F)F. The van der Waals surface area contributed by atoms with E-state index in [2.05, 4.69) is 5.32 Å². The maximum absolute atomic E-state index is 11.8. The number of hydrogen-bond acceptors (Lipinski definition) is 2. The molecule has 1 fully saturated rings. The quantitative estimate of drug-likeness (QED) is 0.796. The van der Waals surface area contributed by atoms with E-state index in [4.69, 9.17) is 0 Å². The van der Waals surface area contributed by atoms with Crippen LogP contribution in [0.2, 0.25) is 0 Å². The van der Waals surface area contributed by atoms with Crippen LogP contribution in [0.5, 0.6) is 0 Å².